The highest BCUT2D eigenvalue weighted by atomic mass is 32.2. The number of hydrogen-bond donors (Lipinski definition) is 0. The van der Waals surface area contributed by atoms with Gasteiger partial charge in [0.2, 0.25) is 0 Å². The predicted molar refractivity (Wildman–Crippen MR) is 143 cm³/mol. The Labute approximate surface area is 208 Å². The molecule has 0 N–H and O–H groups in total. The molecule has 1 aromatic heterocycles. The minimum Gasteiger partial charge on any atom is -0.372 e. The van der Waals surface area contributed by atoms with Gasteiger partial charge in [-0.3, -0.25) is 0 Å². The summed E-state index contributed by atoms with van der Waals surface area (Å²) in [6.45, 7) is 16.0. The molecule has 1 aliphatic rings. The molecule has 0 amide bonds. The number of anilines is 1. The summed E-state index contributed by atoms with van der Waals surface area (Å²) in [5, 5.41) is 7.02. The van der Waals surface area contributed by atoms with Crippen LogP contribution in [0.3, 0.4) is 0 Å². The van der Waals surface area contributed by atoms with E-state index < -0.39 is 8.07 Å². The Balaban J connectivity index is 1.58. The Kier molecular flexibility index (Phi) is 8.37. The molecular formula is C26H37N3O3SSi. The quantitative estimate of drug-likeness (QED) is 0.225. The fourth-order valence-electron chi connectivity index (χ4n) is 3.99. The topological polar surface area (TPSA) is 48.8 Å². The van der Waals surface area contributed by atoms with Crippen LogP contribution in [0.2, 0.25) is 25.7 Å². The number of rotatable bonds is 11. The van der Waals surface area contributed by atoms with Gasteiger partial charge in [0.25, 0.3) is 0 Å². The third kappa shape index (κ3) is 6.23. The zero-order valence-electron chi connectivity index (χ0n) is 21.0. The van der Waals surface area contributed by atoms with E-state index >= 15 is 0 Å². The van der Waals surface area contributed by atoms with Gasteiger partial charge in [0.05, 0.1) is 18.7 Å². The summed E-state index contributed by atoms with van der Waals surface area (Å²) in [5.41, 5.74) is 3.35. The van der Waals surface area contributed by atoms with Crippen molar-refractivity contribution in [1.82, 2.24) is 9.78 Å². The summed E-state index contributed by atoms with van der Waals surface area (Å²) in [4.78, 5) is 3.52. The van der Waals surface area contributed by atoms with Gasteiger partial charge in [-0.1, -0.05) is 37.5 Å². The van der Waals surface area contributed by atoms with Crippen molar-refractivity contribution >= 4 is 36.4 Å². The molecule has 0 spiro atoms. The van der Waals surface area contributed by atoms with E-state index in [2.05, 4.69) is 80.9 Å². The predicted octanol–water partition coefficient (Wildman–Crippen LogP) is 6.39. The second-order valence-electron chi connectivity index (χ2n) is 9.77. The number of benzene rings is 2. The third-order valence-electron chi connectivity index (χ3n) is 6.02. The molecule has 0 radical (unpaired) electrons. The molecule has 0 atom stereocenters. The smallest absolute Gasteiger partial charge is 0.184 e. The van der Waals surface area contributed by atoms with Crippen molar-refractivity contribution in [1.29, 1.82) is 0 Å². The molecular weight excluding hydrogens is 462 g/mol. The monoisotopic (exact) mass is 499 g/mol. The van der Waals surface area contributed by atoms with E-state index in [-0.39, 0.29) is 6.29 Å². The molecule has 0 aliphatic carbocycles. The number of fused-ring (bicyclic) bond motifs is 1. The molecule has 184 valence electrons. The van der Waals surface area contributed by atoms with Crippen LogP contribution in [0.5, 0.6) is 0 Å². The second-order valence-corrected chi connectivity index (χ2v) is 16.5. The van der Waals surface area contributed by atoms with Crippen LogP contribution in [0.15, 0.2) is 52.4 Å². The zero-order valence-corrected chi connectivity index (χ0v) is 22.9. The van der Waals surface area contributed by atoms with E-state index in [0.29, 0.717) is 19.9 Å². The van der Waals surface area contributed by atoms with Gasteiger partial charge in [0.1, 0.15) is 11.8 Å². The summed E-state index contributed by atoms with van der Waals surface area (Å²) in [7, 11) is -1.13. The molecule has 1 aliphatic heterocycles. The van der Waals surface area contributed by atoms with Gasteiger partial charge in [0.15, 0.2) is 6.29 Å². The van der Waals surface area contributed by atoms with E-state index in [0.717, 1.165) is 47.2 Å². The summed E-state index contributed by atoms with van der Waals surface area (Å²) in [5.74, 6) is 0. The zero-order chi connectivity index (χ0) is 24.1. The molecule has 0 unspecified atom stereocenters. The minimum absolute atomic E-state index is 0.299. The fourth-order valence-corrected chi connectivity index (χ4v) is 5.66. The molecule has 34 heavy (non-hydrogen) atoms. The Morgan fingerprint density at radius 2 is 1.76 bits per heavy atom. The molecule has 0 bridgehead atoms. The summed E-state index contributed by atoms with van der Waals surface area (Å²) >= 11 is 1.69. The van der Waals surface area contributed by atoms with Crippen LogP contribution in [0, 0.1) is 0 Å². The second kappa shape index (κ2) is 11.3. The molecule has 0 saturated carbocycles. The molecule has 6 nitrogen and oxygen atoms in total. The molecule has 3 aromatic rings. The first-order valence-corrected chi connectivity index (χ1v) is 16.7. The number of aromatic nitrogens is 2. The van der Waals surface area contributed by atoms with Gasteiger partial charge in [-0.05, 0) is 56.3 Å². The average Bonchev–Trinajstić information content (AvgIpc) is 3.47. The largest absolute Gasteiger partial charge is 0.372 e. The lowest BCUT2D eigenvalue weighted by molar-refractivity contribution is -0.0440. The standard InChI is InChI=1S/C26H37N3O3SSi/c1-6-28(7-2)21-9-11-22(12-10-21)33-25-23-18-20(26-31-14-15-32-26)8-13-24(23)29(27-25)19-30-16-17-34(3,4)5/h8-13,18,26H,6-7,14-17,19H2,1-5H3. The van der Waals surface area contributed by atoms with Crippen molar-refractivity contribution in [3.63, 3.8) is 0 Å². The maximum absolute atomic E-state index is 6.04. The average molecular weight is 500 g/mol. The van der Waals surface area contributed by atoms with E-state index in [9.17, 15) is 0 Å². The Bertz CT molecular complexity index is 1070. The Morgan fingerprint density at radius 3 is 2.41 bits per heavy atom. The van der Waals surface area contributed by atoms with Crippen molar-refractivity contribution in [2.75, 3.05) is 37.8 Å². The van der Waals surface area contributed by atoms with Crippen molar-refractivity contribution in [2.24, 2.45) is 0 Å². The minimum atomic E-state index is -1.13. The van der Waals surface area contributed by atoms with Gasteiger partial charge in [-0.2, -0.15) is 5.10 Å². The molecule has 8 heteroatoms. The summed E-state index contributed by atoms with van der Waals surface area (Å²) in [6.07, 6.45) is -0.299. The molecule has 4 rings (SSSR count). The first-order valence-electron chi connectivity index (χ1n) is 12.2. The van der Waals surface area contributed by atoms with E-state index in [4.69, 9.17) is 19.3 Å². The number of ether oxygens (including phenoxy) is 3. The first-order chi connectivity index (χ1) is 16.4. The van der Waals surface area contributed by atoms with Crippen LogP contribution in [0.4, 0.5) is 5.69 Å². The third-order valence-corrected chi connectivity index (χ3v) is 8.73. The number of hydrogen-bond acceptors (Lipinski definition) is 6. The lowest BCUT2D eigenvalue weighted by Crippen LogP contribution is -2.22. The summed E-state index contributed by atoms with van der Waals surface area (Å²) in [6, 6.07) is 16.2. The molecule has 2 aromatic carbocycles. The van der Waals surface area contributed by atoms with Gasteiger partial charge in [0, 0.05) is 49.3 Å². The first kappa shape index (κ1) is 25.3. The summed E-state index contributed by atoms with van der Waals surface area (Å²) < 4.78 is 19.5. The maximum atomic E-state index is 6.04. The number of nitrogens with zero attached hydrogens (tertiary/aromatic N) is 3. The van der Waals surface area contributed by atoms with Gasteiger partial charge in [-0.15, -0.1) is 0 Å². The molecule has 1 saturated heterocycles. The normalized spacial score (nSPS) is 14.9. The van der Waals surface area contributed by atoms with Crippen molar-refractivity contribution in [3.05, 3.63) is 48.0 Å². The van der Waals surface area contributed by atoms with Crippen LogP contribution in [-0.4, -0.2) is 50.8 Å². The highest BCUT2D eigenvalue weighted by Crippen LogP contribution is 2.36. The van der Waals surface area contributed by atoms with E-state index in [1.54, 1.807) is 11.8 Å². The van der Waals surface area contributed by atoms with Crippen LogP contribution in [0.1, 0.15) is 25.7 Å². The van der Waals surface area contributed by atoms with Crippen LogP contribution in [0.25, 0.3) is 10.9 Å². The van der Waals surface area contributed by atoms with Crippen molar-refractivity contribution in [2.45, 2.75) is 62.5 Å². The van der Waals surface area contributed by atoms with Crippen molar-refractivity contribution < 1.29 is 14.2 Å². The van der Waals surface area contributed by atoms with Crippen molar-refractivity contribution in [3.8, 4) is 0 Å². The van der Waals surface area contributed by atoms with Crippen LogP contribution >= 0.6 is 11.8 Å². The molecule has 2 heterocycles. The van der Waals surface area contributed by atoms with Crippen LogP contribution in [-0.2, 0) is 20.9 Å². The lowest BCUT2D eigenvalue weighted by atomic mass is 10.1. The Hall–Kier alpha value is -1.84. The van der Waals surface area contributed by atoms with Crippen LogP contribution < -0.4 is 4.90 Å². The lowest BCUT2D eigenvalue weighted by Gasteiger charge is -2.20. The highest BCUT2D eigenvalue weighted by Gasteiger charge is 2.21. The SMILES string of the molecule is CCN(CC)c1ccc(Sc2nn(COCC[Si](C)(C)C)c3ccc(C4OCCO4)cc23)cc1. The maximum Gasteiger partial charge on any atom is 0.184 e. The molecule has 1 fully saturated rings. The van der Waals surface area contributed by atoms with E-state index in [1.807, 2.05) is 4.68 Å². The van der Waals surface area contributed by atoms with E-state index in [1.165, 1.54) is 10.6 Å². The fraction of sp³-hybridized carbons (Fsp3) is 0.500. The Morgan fingerprint density at radius 1 is 1.06 bits per heavy atom. The van der Waals surface area contributed by atoms with Gasteiger partial charge >= 0.3 is 0 Å². The highest BCUT2D eigenvalue weighted by molar-refractivity contribution is 7.99. The van der Waals surface area contributed by atoms with Gasteiger partial charge in [-0.25, -0.2) is 4.68 Å². The van der Waals surface area contributed by atoms with Gasteiger partial charge < -0.3 is 19.1 Å².